The van der Waals surface area contributed by atoms with Crippen molar-refractivity contribution in [2.75, 3.05) is 11.9 Å². The highest BCUT2D eigenvalue weighted by Gasteiger charge is 2.12. The molecule has 1 heterocycles. The standard InChI is InChI=1S/C10H11N/c1-7-3-4-10-9(5-7)8(2)6-11-10/h3-5,11H,2,6H2,1H3. The molecule has 0 aromatic heterocycles. The molecule has 0 unspecified atom stereocenters. The lowest BCUT2D eigenvalue weighted by Crippen LogP contribution is -1.89. The average Bonchev–Trinajstić information content (AvgIpc) is 2.33. The Morgan fingerprint density at radius 2 is 2.27 bits per heavy atom. The van der Waals surface area contributed by atoms with Gasteiger partial charge in [-0.25, -0.2) is 0 Å². The lowest BCUT2D eigenvalue weighted by atomic mass is 10.1. The maximum atomic E-state index is 3.97. The van der Waals surface area contributed by atoms with Crippen LogP contribution < -0.4 is 5.32 Å². The molecule has 0 bridgehead atoms. The Bertz CT molecular complexity index is 313. The van der Waals surface area contributed by atoms with Crippen LogP contribution in [0.1, 0.15) is 11.1 Å². The Balaban J connectivity index is 2.60. The van der Waals surface area contributed by atoms with Crippen molar-refractivity contribution in [3.8, 4) is 0 Å². The summed E-state index contributed by atoms with van der Waals surface area (Å²) in [7, 11) is 0. The van der Waals surface area contributed by atoms with Crippen LogP contribution in [0, 0.1) is 6.92 Å². The van der Waals surface area contributed by atoms with Crippen LogP contribution in [-0.2, 0) is 0 Å². The Kier molecular flexibility index (Phi) is 1.25. The Labute approximate surface area is 66.7 Å². The molecule has 1 aromatic rings. The molecule has 56 valence electrons. The van der Waals surface area contributed by atoms with Crippen molar-refractivity contribution >= 4 is 11.3 Å². The fraction of sp³-hybridized carbons (Fsp3) is 0.200. The van der Waals surface area contributed by atoms with E-state index in [9.17, 15) is 0 Å². The second-order valence-electron chi connectivity index (χ2n) is 3.01. The molecule has 0 spiro atoms. The zero-order chi connectivity index (χ0) is 7.84. The van der Waals surface area contributed by atoms with E-state index in [0.29, 0.717) is 0 Å². The fourth-order valence-electron chi connectivity index (χ4n) is 1.40. The van der Waals surface area contributed by atoms with Gasteiger partial charge in [0.15, 0.2) is 0 Å². The van der Waals surface area contributed by atoms with Crippen molar-refractivity contribution in [3.63, 3.8) is 0 Å². The molecule has 0 radical (unpaired) electrons. The number of anilines is 1. The van der Waals surface area contributed by atoms with E-state index in [0.717, 1.165) is 6.54 Å². The summed E-state index contributed by atoms with van der Waals surface area (Å²) in [4.78, 5) is 0. The number of benzene rings is 1. The summed E-state index contributed by atoms with van der Waals surface area (Å²) in [6, 6.07) is 6.41. The molecule has 1 N–H and O–H groups in total. The van der Waals surface area contributed by atoms with E-state index < -0.39 is 0 Å². The summed E-state index contributed by atoms with van der Waals surface area (Å²) in [5.74, 6) is 0. The Hall–Kier alpha value is -1.24. The summed E-state index contributed by atoms with van der Waals surface area (Å²) >= 11 is 0. The molecule has 1 aromatic carbocycles. The van der Waals surface area contributed by atoms with Crippen LogP contribution >= 0.6 is 0 Å². The third-order valence-electron chi connectivity index (χ3n) is 2.05. The van der Waals surface area contributed by atoms with E-state index in [2.05, 4.69) is 37.0 Å². The van der Waals surface area contributed by atoms with Crippen LogP contribution in [0.5, 0.6) is 0 Å². The quantitative estimate of drug-likeness (QED) is 0.591. The summed E-state index contributed by atoms with van der Waals surface area (Å²) in [5, 5.41) is 3.28. The second-order valence-corrected chi connectivity index (χ2v) is 3.01. The van der Waals surface area contributed by atoms with E-state index in [-0.39, 0.29) is 0 Å². The van der Waals surface area contributed by atoms with Gasteiger partial charge in [0.05, 0.1) is 0 Å². The molecule has 1 nitrogen and oxygen atoms in total. The smallest absolute Gasteiger partial charge is 0.0419 e. The second kappa shape index (κ2) is 2.12. The first-order chi connectivity index (χ1) is 5.27. The molecule has 0 saturated heterocycles. The topological polar surface area (TPSA) is 12.0 Å². The first-order valence-corrected chi connectivity index (χ1v) is 3.80. The van der Waals surface area contributed by atoms with Crippen molar-refractivity contribution < 1.29 is 0 Å². The molecule has 1 aliphatic heterocycles. The SMILES string of the molecule is C=C1CNc2ccc(C)cc21. The molecule has 1 aliphatic rings. The van der Waals surface area contributed by atoms with E-state index in [1.54, 1.807) is 0 Å². The van der Waals surface area contributed by atoms with Crippen molar-refractivity contribution in [1.29, 1.82) is 0 Å². The highest BCUT2D eigenvalue weighted by Crippen LogP contribution is 2.29. The number of hydrogen-bond donors (Lipinski definition) is 1. The number of rotatable bonds is 0. The van der Waals surface area contributed by atoms with E-state index in [1.165, 1.54) is 22.4 Å². The van der Waals surface area contributed by atoms with Crippen molar-refractivity contribution in [2.45, 2.75) is 6.92 Å². The van der Waals surface area contributed by atoms with Crippen LogP contribution in [0.25, 0.3) is 5.57 Å². The predicted octanol–water partition coefficient (Wildman–Crippen LogP) is 2.43. The molecule has 11 heavy (non-hydrogen) atoms. The van der Waals surface area contributed by atoms with Crippen LogP contribution in [0.4, 0.5) is 5.69 Å². The first kappa shape index (κ1) is 6.47. The molecule has 1 heteroatoms. The minimum absolute atomic E-state index is 0.902. The van der Waals surface area contributed by atoms with Gasteiger partial charge in [0.1, 0.15) is 0 Å². The van der Waals surface area contributed by atoms with Crippen LogP contribution in [0.15, 0.2) is 24.8 Å². The summed E-state index contributed by atoms with van der Waals surface area (Å²) < 4.78 is 0. The molecule has 0 saturated carbocycles. The zero-order valence-electron chi connectivity index (χ0n) is 6.65. The molecule has 0 aliphatic carbocycles. The van der Waals surface area contributed by atoms with E-state index in [1.807, 2.05) is 0 Å². The summed E-state index contributed by atoms with van der Waals surface area (Å²) in [5.41, 5.74) is 5.00. The van der Waals surface area contributed by atoms with Crippen LogP contribution in [0.2, 0.25) is 0 Å². The van der Waals surface area contributed by atoms with Gasteiger partial charge in [0.25, 0.3) is 0 Å². The highest BCUT2D eigenvalue weighted by molar-refractivity contribution is 5.83. The van der Waals surface area contributed by atoms with Gasteiger partial charge >= 0.3 is 0 Å². The molecule has 0 amide bonds. The largest absolute Gasteiger partial charge is 0.380 e. The normalized spacial score (nSPS) is 14.5. The van der Waals surface area contributed by atoms with Gasteiger partial charge in [-0.1, -0.05) is 18.2 Å². The summed E-state index contributed by atoms with van der Waals surface area (Å²) in [6.07, 6.45) is 0. The third-order valence-corrected chi connectivity index (χ3v) is 2.05. The first-order valence-electron chi connectivity index (χ1n) is 3.80. The van der Waals surface area contributed by atoms with Crippen molar-refractivity contribution in [2.24, 2.45) is 0 Å². The third kappa shape index (κ3) is 0.929. The van der Waals surface area contributed by atoms with Crippen LogP contribution in [0.3, 0.4) is 0 Å². The van der Waals surface area contributed by atoms with Gasteiger partial charge in [-0.2, -0.15) is 0 Å². The van der Waals surface area contributed by atoms with Gasteiger partial charge in [-0.3, -0.25) is 0 Å². The number of hydrogen-bond acceptors (Lipinski definition) is 1. The minimum atomic E-state index is 0.902. The van der Waals surface area contributed by atoms with Crippen molar-refractivity contribution in [3.05, 3.63) is 35.9 Å². The van der Waals surface area contributed by atoms with Gasteiger partial charge in [0.2, 0.25) is 0 Å². The fourth-order valence-corrected chi connectivity index (χ4v) is 1.40. The zero-order valence-corrected chi connectivity index (χ0v) is 6.65. The van der Waals surface area contributed by atoms with E-state index in [4.69, 9.17) is 0 Å². The van der Waals surface area contributed by atoms with Gasteiger partial charge in [-0.15, -0.1) is 0 Å². The summed E-state index contributed by atoms with van der Waals surface area (Å²) in [6.45, 7) is 6.98. The average molecular weight is 145 g/mol. The van der Waals surface area contributed by atoms with Crippen molar-refractivity contribution in [1.82, 2.24) is 0 Å². The Morgan fingerprint density at radius 1 is 1.45 bits per heavy atom. The molecule has 0 fully saturated rings. The minimum Gasteiger partial charge on any atom is -0.380 e. The molecule has 2 rings (SSSR count). The number of aryl methyl sites for hydroxylation is 1. The predicted molar refractivity (Wildman–Crippen MR) is 48.7 cm³/mol. The maximum absolute atomic E-state index is 3.97. The molecular formula is C10H11N. The molecule has 0 atom stereocenters. The van der Waals surface area contributed by atoms with Crippen LogP contribution in [-0.4, -0.2) is 6.54 Å². The van der Waals surface area contributed by atoms with Gasteiger partial charge in [0, 0.05) is 17.8 Å². The van der Waals surface area contributed by atoms with Gasteiger partial charge in [-0.05, 0) is 24.6 Å². The Morgan fingerprint density at radius 3 is 3.09 bits per heavy atom. The number of fused-ring (bicyclic) bond motifs is 1. The number of nitrogens with one attached hydrogen (secondary N) is 1. The lowest BCUT2D eigenvalue weighted by Gasteiger charge is -1.99. The maximum Gasteiger partial charge on any atom is 0.0419 e. The highest BCUT2D eigenvalue weighted by atomic mass is 14.9. The van der Waals surface area contributed by atoms with Gasteiger partial charge < -0.3 is 5.32 Å². The monoisotopic (exact) mass is 145 g/mol. The lowest BCUT2D eigenvalue weighted by molar-refractivity contribution is 1.44. The molecular weight excluding hydrogens is 134 g/mol. The van der Waals surface area contributed by atoms with E-state index >= 15 is 0 Å².